The molecule has 4 aromatic rings. The number of pyridine rings is 2. The highest BCUT2D eigenvalue weighted by molar-refractivity contribution is 7.80. The van der Waals surface area contributed by atoms with Gasteiger partial charge in [-0.2, -0.15) is 0 Å². The zero-order valence-electron chi connectivity index (χ0n) is 19.3. The van der Waals surface area contributed by atoms with E-state index in [1.54, 1.807) is 12.4 Å². The lowest BCUT2D eigenvalue weighted by atomic mass is 10.0. The predicted octanol–water partition coefficient (Wildman–Crippen LogP) is 4.58. The Balaban J connectivity index is 1.44. The van der Waals surface area contributed by atoms with Gasteiger partial charge in [0.05, 0.1) is 17.8 Å². The van der Waals surface area contributed by atoms with Gasteiger partial charge in [0.2, 0.25) is 5.91 Å². The number of nitrogens with zero attached hydrogens (tertiary/aromatic N) is 4. The number of hydrogen-bond acceptors (Lipinski definition) is 4. The van der Waals surface area contributed by atoms with Crippen molar-refractivity contribution in [2.24, 2.45) is 0 Å². The number of aryl methyl sites for hydroxylation is 1. The maximum absolute atomic E-state index is 12.8. The Hall–Kier alpha value is -4.04. The standard InChI is InChI=1S/C27H26N6OS/c1-19-9-2-3-10-20(19)30-24(34)14-18-33-26(25(31-27(33)35)21-11-4-6-15-28-21)22-12-8-17-32(22)23-13-5-7-16-29-23/h2-13,15-17,25-26H,14,18H2,1H3,(H,30,34)(H,31,35)/t25-,26+/m0/s1. The minimum atomic E-state index is -0.166. The molecule has 1 fully saturated rings. The van der Waals surface area contributed by atoms with Gasteiger partial charge in [-0.1, -0.05) is 30.3 Å². The summed E-state index contributed by atoms with van der Waals surface area (Å²) in [6.07, 6.45) is 5.86. The molecule has 0 radical (unpaired) electrons. The van der Waals surface area contributed by atoms with Crippen molar-refractivity contribution in [3.8, 4) is 5.82 Å². The lowest BCUT2D eigenvalue weighted by Crippen LogP contribution is -2.33. The van der Waals surface area contributed by atoms with Crippen LogP contribution in [-0.4, -0.2) is 37.0 Å². The van der Waals surface area contributed by atoms with Crippen LogP contribution in [0.15, 0.2) is 91.4 Å². The lowest BCUT2D eigenvalue weighted by molar-refractivity contribution is -0.116. The molecule has 1 aliphatic rings. The summed E-state index contributed by atoms with van der Waals surface area (Å²) in [6.45, 7) is 2.44. The molecule has 2 atom stereocenters. The largest absolute Gasteiger partial charge is 0.352 e. The molecule has 4 heterocycles. The van der Waals surface area contributed by atoms with Crippen LogP contribution in [0, 0.1) is 6.92 Å². The second-order valence-electron chi connectivity index (χ2n) is 8.42. The summed E-state index contributed by atoms with van der Waals surface area (Å²) in [5.74, 6) is 0.768. The number of carbonyl (C=O) groups excluding carboxylic acids is 1. The van der Waals surface area contributed by atoms with Crippen molar-refractivity contribution in [2.45, 2.75) is 25.4 Å². The first kappa shape index (κ1) is 22.7. The van der Waals surface area contributed by atoms with Gasteiger partial charge >= 0.3 is 0 Å². The molecule has 1 amide bonds. The molecule has 0 unspecified atom stereocenters. The normalized spacial score (nSPS) is 17.3. The van der Waals surface area contributed by atoms with Gasteiger partial charge in [-0.15, -0.1) is 0 Å². The zero-order valence-corrected chi connectivity index (χ0v) is 20.2. The lowest BCUT2D eigenvalue weighted by Gasteiger charge is -2.28. The molecule has 1 saturated heterocycles. The Morgan fingerprint density at radius 2 is 1.77 bits per heavy atom. The van der Waals surface area contributed by atoms with Gasteiger partial charge in [-0.3, -0.25) is 9.78 Å². The summed E-state index contributed by atoms with van der Waals surface area (Å²) in [6, 6.07) is 23.2. The van der Waals surface area contributed by atoms with Crippen molar-refractivity contribution in [1.29, 1.82) is 0 Å². The summed E-state index contributed by atoms with van der Waals surface area (Å²) < 4.78 is 2.07. The van der Waals surface area contributed by atoms with Crippen molar-refractivity contribution in [3.05, 3.63) is 108 Å². The third-order valence-corrected chi connectivity index (χ3v) is 6.53. The Bertz CT molecular complexity index is 1320. The number of rotatable bonds is 7. The Labute approximate surface area is 209 Å². The van der Waals surface area contributed by atoms with Crippen LogP contribution in [0.4, 0.5) is 5.69 Å². The van der Waals surface area contributed by atoms with Crippen LogP contribution in [-0.2, 0) is 4.79 Å². The van der Waals surface area contributed by atoms with Gasteiger partial charge in [-0.05, 0) is 67.2 Å². The Morgan fingerprint density at radius 3 is 2.51 bits per heavy atom. The summed E-state index contributed by atoms with van der Waals surface area (Å²) in [5.41, 5.74) is 3.76. The molecule has 2 N–H and O–H groups in total. The van der Waals surface area contributed by atoms with E-state index < -0.39 is 0 Å². The molecule has 0 spiro atoms. The fraction of sp³-hybridized carbons (Fsp3) is 0.185. The fourth-order valence-corrected chi connectivity index (χ4v) is 4.79. The number of para-hydroxylation sites is 1. The quantitative estimate of drug-likeness (QED) is 0.376. The number of carbonyl (C=O) groups is 1. The zero-order chi connectivity index (χ0) is 24.2. The molecule has 0 aliphatic carbocycles. The van der Waals surface area contributed by atoms with E-state index in [1.165, 1.54) is 0 Å². The first-order valence-electron chi connectivity index (χ1n) is 11.5. The summed E-state index contributed by atoms with van der Waals surface area (Å²) in [7, 11) is 0. The van der Waals surface area contributed by atoms with Crippen LogP contribution in [0.3, 0.4) is 0 Å². The smallest absolute Gasteiger partial charge is 0.226 e. The first-order chi connectivity index (χ1) is 17.1. The highest BCUT2D eigenvalue weighted by Crippen LogP contribution is 2.39. The van der Waals surface area contributed by atoms with Gasteiger partial charge < -0.3 is 20.1 Å². The van der Waals surface area contributed by atoms with E-state index >= 15 is 0 Å². The topological polar surface area (TPSA) is 75.1 Å². The predicted molar refractivity (Wildman–Crippen MR) is 140 cm³/mol. The van der Waals surface area contributed by atoms with E-state index in [-0.39, 0.29) is 18.0 Å². The second kappa shape index (κ2) is 10.1. The molecule has 35 heavy (non-hydrogen) atoms. The number of anilines is 1. The highest BCUT2D eigenvalue weighted by atomic mass is 32.1. The van der Waals surface area contributed by atoms with Gasteiger partial charge in [0.1, 0.15) is 5.82 Å². The average molecular weight is 483 g/mol. The number of aromatic nitrogens is 3. The van der Waals surface area contributed by atoms with E-state index in [2.05, 4.69) is 36.1 Å². The SMILES string of the molecule is Cc1ccccc1NC(=O)CCN1C(=S)N[C@@H](c2ccccn2)[C@H]1c1cccn1-c1ccccn1. The number of amides is 1. The molecular formula is C27H26N6OS. The molecule has 1 aliphatic heterocycles. The molecule has 7 nitrogen and oxygen atoms in total. The van der Waals surface area contributed by atoms with Gasteiger partial charge in [-0.25, -0.2) is 4.98 Å². The first-order valence-corrected chi connectivity index (χ1v) is 11.9. The van der Waals surface area contributed by atoms with Crippen molar-refractivity contribution in [1.82, 2.24) is 24.8 Å². The monoisotopic (exact) mass is 482 g/mol. The van der Waals surface area contributed by atoms with Gasteiger partial charge in [0.15, 0.2) is 5.11 Å². The van der Waals surface area contributed by atoms with E-state index in [9.17, 15) is 4.79 Å². The van der Waals surface area contributed by atoms with Gasteiger partial charge in [0.25, 0.3) is 0 Å². The summed E-state index contributed by atoms with van der Waals surface area (Å²) in [4.78, 5) is 24.1. The molecule has 8 heteroatoms. The van der Waals surface area contributed by atoms with Crippen molar-refractivity contribution < 1.29 is 4.79 Å². The highest BCUT2D eigenvalue weighted by Gasteiger charge is 2.41. The van der Waals surface area contributed by atoms with Crippen LogP contribution >= 0.6 is 12.2 Å². The van der Waals surface area contributed by atoms with Gasteiger partial charge in [0, 0.05) is 42.9 Å². The summed E-state index contributed by atoms with van der Waals surface area (Å²) in [5, 5.41) is 7.07. The van der Waals surface area contributed by atoms with Crippen molar-refractivity contribution in [3.63, 3.8) is 0 Å². The van der Waals surface area contributed by atoms with E-state index in [4.69, 9.17) is 12.2 Å². The number of thiocarbonyl (C=S) groups is 1. The maximum Gasteiger partial charge on any atom is 0.226 e. The maximum atomic E-state index is 12.8. The van der Waals surface area contributed by atoms with E-state index in [1.807, 2.05) is 79.9 Å². The molecule has 3 aromatic heterocycles. The number of hydrogen-bond donors (Lipinski definition) is 2. The van der Waals surface area contributed by atoms with Crippen molar-refractivity contribution >= 4 is 28.9 Å². The fourth-order valence-electron chi connectivity index (χ4n) is 4.46. The second-order valence-corrected chi connectivity index (χ2v) is 8.81. The van der Waals surface area contributed by atoms with Crippen LogP contribution < -0.4 is 10.6 Å². The van der Waals surface area contributed by atoms with Crippen LogP contribution in [0.5, 0.6) is 0 Å². The molecule has 0 bridgehead atoms. The van der Waals surface area contributed by atoms with Crippen LogP contribution in [0.1, 0.15) is 35.5 Å². The van der Waals surface area contributed by atoms with E-state index in [0.29, 0.717) is 18.1 Å². The molecular weight excluding hydrogens is 456 g/mol. The van der Waals surface area contributed by atoms with Crippen LogP contribution in [0.2, 0.25) is 0 Å². The van der Waals surface area contributed by atoms with E-state index in [0.717, 1.165) is 28.5 Å². The third-order valence-electron chi connectivity index (χ3n) is 6.18. The minimum absolute atomic E-state index is 0.0535. The van der Waals surface area contributed by atoms with Crippen molar-refractivity contribution in [2.75, 3.05) is 11.9 Å². The number of nitrogens with one attached hydrogen (secondary N) is 2. The summed E-state index contributed by atoms with van der Waals surface area (Å²) >= 11 is 5.76. The minimum Gasteiger partial charge on any atom is -0.352 e. The Morgan fingerprint density at radius 1 is 1.00 bits per heavy atom. The third kappa shape index (κ3) is 4.79. The molecule has 5 rings (SSSR count). The number of benzene rings is 1. The average Bonchev–Trinajstić information content (AvgIpc) is 3.49. The molecule has 176 valence electrons. The Kier molecular flexibility index (Phi) is 6.54. The van der Waals surface area contributed by atoms with Crippen LogP contribution in [0.25, 0.3) is 5.82 Å². The molecule has 1 aromatic carbocycles. The molecule has 0 saturated carbocycles.